The Hall–Kier alpha value is -1.89. The summed E-state index contributed by atoms with van der Waals surface area (Å²) in [7, 11) is 0. The topological polar surface area (TPSA) is 63.0 Å². The van der Waals surface area contributed by atoms with Crippen LogP contribution in [0.3, 0.4) is 0 Å². The average Bonchev–Trinajstić information content (AvgIpc) is 2.32. The van der Waals surface area contributed by atoms with E-state index < -0.39 is 11.4 Å². The summed E-state index contributed by atoms with van der Waals surface area (Å²) in [4.78, 5) is 15.9. The number of nitriles is 1. The molecule has 1 heterocycles. The zero-order valence-corrected chi connectivity index (χ0v) is 10.4. The third-order valence-electron chi connectivity index (χ3n) is 2.61. The van der Waals surface area contributed by atoms with Crippen molar-refractivity contribution in [3.8, 4) is 6.07 Å². The van der Waals surface area contributed by atoms with E-state index in [2.05, 4.69) is 4.98 Å². The smallest absolute Gasteiger partial charge is 0.326 e. The lowest BCUT2D eigenvalue weighted by atomic mass is 9.86. The highest BCUT2D eigenvalue weighted by molar-refractivity contribution is 5.79. The molecule has 0 aliphatic carbocycles. The van der Waals surface area contributed by atoms with Gasteiger partial charge in [0.15, 0.2) is 5.41 Å². The molecule has 0 aliphatic heterocycles. The van der Waals surface area contributed by atoms with Crippen LogP contribution in [0.25, 0.3) is 0 Å². The fraction of sp³-hybridized carbons (Fsp3) is 0.462. The Morgan fingerprint density at radius 1 is 1.65 bits per heavy atom. The van der Waals surface area contributed by atoms with Crippen molar-refractivity contribution in [1.29, 1.82) is 5.26 Å². The summed E-state index contributed by atoms with van der Waals surface area (Å²) in [6, 6.07) is 5.76. The fourth-order valence-corrected chi connectivity index (χ4v) is 1.49. The molecule has 0 saturated heterocycles. The Kier molecular flexibility index (Phi) is 4.22. The van der Waals surface area contributed by atoms with Gasteiger partial charge in [-0.1, -0.05) is 6.07 Å². The molecule has 1 atom stereocenters. The van der Waals surface area contributed by atoms with E-state index >= 15 is 0 Å². The van der Waals surface area contributed by atoms with Crippen molar-refractivity contribution in [2.24, 2.45) is 5.41 Å². The number of hydrogen-bond acceptors (Lipinski definition) is 4. The molecule has 1 unspecified atom stereocenters. The lowest BCUT2D eigenvalue weighted by molar-refractivity contribution is -0.151. The van der Waals surface area contributed by atoms with E-state index in [0.29, 0.717) is 0 Å². The average molecular weight is 232 g/mol. The zero-order chi connectivity index (χ0) is 12.9. The molecule has 0 aromatic carbocycles. The number of aryl methyl sites for hydroxylation is 1. The van der Waals surface area contributed by atoms with Gasteiger partial charge < -0.3 is 4.74 Å². The van der Waals surface area contributed by atoms with Crippen molar-refractivity contribution < 1.29 is 9.53 Å². The van der Waals surface area contributed by atoms with Gasteiger partial charge in [0.2, 0.25) is 0 Å². The van der Waals surface area contributed by atoms with E-state index in [-0.39, 0.29) is 13.0 Å². The predicted molar refractivity (Wildman–Crippen MR) is 63.0 cm³/mol. The monoisotopic (exact) mass is 232 g/mol. The van der Waals surface area contributed by atoms with Crippen molar-refractivity contribution >= 4 is 5.97 Å². The first-order valence-corrected chi connectivity index (χ1v) is 5.52. The lowest BCUT2D eigenvalue weighted by Gasteiger charge is -2.19. The van der Waals surface area contributed by atoms with E-state index in [1.54, 1.807) is 20.0 Å². The van der Waals surface area contributed by atoms with Gasteiger partial charge in [-0.3, -0.25) is 9.78 Å². The molecule has 90 valence electrons. The first-order valence-electron chi connectivity index (χ1n) is 5.52. The van der Waals surface area contributed by atoms with Gasteiger partial charge >= 0.3 is 5.97 Å². The van der Waals surface area contributed by atoms with Gasteiger partial charge in [-0.05, 0) is 32.4 Å². The van der Waals surface area contributed by atoms with Crippen LogP contribution in [-0.4, -0.2) is 17.6 Å². The Balaban J connectivity index is 2.94. The van der Waals surface area contributed by atoms with E-state index in [4.69, 9.17) is 10.00 Å². The van der Waals surface area contributed by atoms with E-state index in [9.17, 15) is 4.79 Å². The van der Waals surface area contributed by atoms with Crippen LogP contribution < -0.4 is 0 Å². The maximum Gasteiger partial charge on any atom is 0.326 e. The normalized spacial score (nSPS) is 13.5. The maximum absolute atomic E-state index is 11.7. The van der Waals surface area contributed by atoms with Gasteiger partial charge in [-0.15, -0.1) is 0 Å². The Labute approximate surface area is 101 Å². The highest BCUT2D eigenvalue weighted by atomic mass is 16.5. The Morgan fingerprint density at radius 3 is 2.88 bits per heavy atom. The molecule has 0 radical (unpaired) electrons. The molecule has 0 spiro atoms. The van der Waals surface area contributed by atoms with Gasteiger partial charge in [-0.25, -0.2) is 0 Å². The number of rotatable bonds is 4. The van der Waals surface area contributed by atoms with E-state index in [1.807, 2.05) is 25.1 Å². The molecule has 1 rings (SSSR count). The first kappa shape index (κ1) is 13.2. The number of hydrogen-bond donors (Lipinski definition) is 0. The summed E-state index contributed by atoms with van der Waals surface area (Å²) >= 11 is 0. The summed E-state index contributed by atoms with van der Waals surface area (Å²) in [5, 5.41) is 9.16. The molecule has 17 heavy (non-hydrogen) atoms. The molecule has 4 heteroatoms. The standard InChI is InChI=1S/C13H16N2O2/c1-4-17-12(16)13(3,9-14)8-11-10(2)6-5-7-15-11/h5-7H,4,8H2,1-3H3. The summed E-state index contributed by atoms with van der Waals surface area (Å²) in [5.74, 6) is -0.493. The Bertz CT molecular complexity index is 451. The van der Waals surface area contributed by atoms with Crippen molar-refractivity contribution in [3.05, 3.63) is 29.6 Å². The zero-order valence-electron chi connectivity index (χ0n) is 10.4. The highest BCUT2D eigenvalue weighted by Crippen LogP contribution is 2.24. The van der Waals surface area contributed by atoms with Gasteiger partial charge in [0.05, 0.1) is 12.7 Å². The number of pyridine rings is 1. The summed E-state index contributed by atoms with van der Waals surface area (Å²) in [6.45, 7) is 5.49. The van der Waals surface area contributed by atoms with Gasteiger partial charge in [-0.2, -0.15) is 5.26 Å². The minimum Gasteiger partial charge on any atom is -0.465 e. The molecule has 4 nitrogen and oxygen atoms in total. The molecule has 0 N–H and O–H groups in total. The van der Waals surface area contributed by atoms with Crippen molar-refractivity contribution in [2.45, 2.75) is 27.2 Å². The van der Waals surface area contributed by atoms with Crippen LogP contribution in [0, 0.1) is 23.7 Å². The summed E-state index contributed by atoms with van der Waals surface area (Å²) in [6.07, 6.45) is 1.93. The highest BCUT2D eigenvalue weighted by Gasteiger charge is 2.36. The number of aromatic nitrogens is 1. The summed E-state index contributed by atoms with van der Waals surface area (Å²) < 4.78 is 4.92. The third kappa shape index (κ3) is 3.04. The summed E-state index contributed by atoms with van der Waals surface area (Å²) in [5.41, 5.74) is 0.553. The molecule has 0 aliphatic rings. The van der Waals surface area contributed by atoms with Crippen LogP contribution in [-0.2, 0) is 16.0 Å². The number of carbonyl (C=O) groups excluding carboxylic acids is 1. The molecule has 0 amide bonds. The minimum atomic E-state index is -1.17. The second-order valence-corrected chi connectivity index (χ2v) is 4.11. The predicted octanol–water partition coefficient (Wildman–Crippen LogP) is 2.03. The number of carbonyl (C=O) groups is 1. The molecule has 0 fully saturated rings. The number of nitrogens with zero attached hydrogens (tertiary/aromatic N) is 2. The van der Waals surface area contributed by atoms with Crippen LogP contribution >= 0.6 is 0 Å². The number of ether oxygens (including phenoxy) is 1. The molecule has 1 aromatic rings. The SMILES string of the molecule is CCOC(=O)C(C)(C#N)Cc1ncccc1C. The fourth-order valence-electron chi connectivity index (χ4n) is 1.49. The van der Waals surface area contributed by atoms with Gasteiger partial charge in [0.1, 0.15) is 0 Å². The van der Waals surface area contributed by atoms with Crippen LogP contribution in [0.5, 0.6) is 0 Å². The van der Waals surface area contributed by atoms with Gasteiger partial charge in [0.25, 0.3) is 0 Å². The minimum absolute atomic E-state index is 0.273. The van der Waals surface area contributed by atoms with E-state index in [1.165, 1.54) is 0 Å². The largest absolute Gasteiger partial charge is 0.465 e. The van der Waals surface area contributed by atoms with Crippen LogP contribution in [0.4, 0.5) is 0 Å². The quantitative estimate of drug-likeness (QED) is 0.745. The Morgan fingerprint density at radius 2 is 2.35 bits per heavy atom. The van der Waals surface area contributed by atoms with Crippen molar-refractivity contribution in [1.82, 2.24) is 4.98 Å². The van der Waals surface area contributed by atoms with Crippen LogP contribution in [0.15, 0.2) is 18.3 Å². The third-order valence-corrected chi connectivity index (χ3v) is 2.61. The lowest BCUT2D eigenvalue weighted by Crippen LogP contribution is -2.31. The van der Waals surface area contributed by atoms with Crippen LogP contribution in [0.1, 0.15) is 25.1 Å². The maximum atomic E-state index is 11.7. The second kappa shape index (κ2) is 5.44. The van der Waals surface area contributed by atoms with Crippen LogP contribution in [0.2, 0.25) is 0 Å². The first-order chi connectivity index (χ1) is 8.03. The van der Waals surface area contributed by atoms with Gasteiger partial charge in [0, 0.05) is 18.3 Å². The molecule has 0 bridgehead atoms. The van der Waals surface area contributed by atoms with E-state index in [0.717, 1.165) is 11.3 Å². The molecular weight excluding hydrogens is 216 g/mol. The molecule has 0 saturated carbocycles. The molecular formula is C13H16N2O2. The van der Waals surface area contributed by atoms with Crippen molar-refractivity contribution in [3.63, 3.8) is 0 Å². The number of esters is 1. The second-order valence-electron chi connectivity index (χ2n) is 4.11. The van der Waals surface area contributed by atoms with Crippen molar-refractivity contribution in [2.75, 3.05) is 6.61 Å². The molecule has 1 aromatic heterocycles.